The Morgan fingerprint density at radius 2 is 1.76 bits per heavy atom. The number of furan rings is 1. The van der Waals surface area contributed by atoms with E-state index in [4.69, 9.17) is 14.1 Å². The number of hydrogen-bond donors (Lipinski definition) is 0. The molecule has 0 unspecified atom stereocenters. The number of carbonyl (C=O) groups excluding carboxylic acids is 1. The molecule has 1 aliphatic rings. The fourth-order valence-corrected chi connectivity index (χ4v) is 6.57. The first-order chi connectivity index (χ1) is 19.9. The molecule has 6 rings (SSSR count). The third-order valence-corrected chi connectivity index (χ3v) is 8.75. The number of aromatic nitrogens is 1. The highest BCUT2D eigenvalue weighted by Gasteiger charge is 2.35. The number of nitrogens with zero attached hydrogens (tertiary/aromatic N) is 2. The lowest BCUT2D eigenvalue weighted by Gasteiger charge is -2.25. The molecule has 0 spiro atoms. The SMILES string of the molecule is CCOC(=O)C1=C(c2ccccc2)N=c2s/c(=C/c3ccc(-c4cc(Br)ccc4Br)o3)c(=O)n2[C@H]1c1ccccc1. The highest BCUT2D eigenvalue weighted by atomic mass is 79.9. The summed E-state index contributed by atoms with van der Waals surface area (Å²) in [6.45, 7) is 1.96. The van der Waals surface area contributed by atoms with Crippen LogP contribution in [0.25, 0.3) is 23.1 Å². The lowest BCUT2D eigenvalue weighted by atomic mass is 9.93. The summed E-state index contributed by atoms with van der Waals surface area (Å²) in [6, 6.07) is 27.8. The zero-order chi connectivity index (χ0) is 28.5. The summed E-state index contributed by atoms with van der Waals surface area (Å²) in [5.41, 5.74) is 2.98. The van der Waals surface area contributed by atoms with Gasteiger partial charge in [0.25, 0.3) is 5.56 Å². The third kappa shape index (κ3) is 5.32. The number of esters is 1. The van der Waals surface area contributed by atoms with E-state index in [0.29, 0.717) is 32.1 Å². The summed E-state index contributed by atoms with van der Waals surface area (Å²) in [7, 11) is 0. The molecule has 3 heterocycles. The lowest BCUT2D eigenvalue weighted by molar-refractivity contribution is -0.138. The molecule has 204 valence electrons. The van der Waals surface area contributed by atoms with E-state index in [2.05, 4.69) is 31.9 Å². The van der Waals surface area contributed by atoms with Gasteiger partial charge < -0.3 is 9.15 Å². The van der Waals surface area contributed by atoms with Crippen LogP contribution in [0.5, 0.6) is 0 Å². The Kier molecular flexibility index (Phi) is 7.75. The first-order valence-electron chi connectivity index (χ1n) is 12.8. The molecule has 0 saturated heterocycles. The van der Waals surface area contributed by atoms with Gasteiger partial charge in [0.2, 0.25) is 0 Å². The number of hydrogen-bond acceptors (Lipinski definition) is 6. The van der Waals surface area contributed by atoms with E-state index >= 15 is 0 Å². The molecule has 5 aromatic rings. The summed E-state index contributed by atoms with van der Waals surface area (Å²) in [5.74, 6) is 0.685. The smallest absolute Gasteiger partial charge is 0.338 e. The van der Waals surface area contributed by atoms with Crippen molar-refractivity contribution in [2.75, 3.05) is 6.61 Å². The minimum Gasteiger partial charge on any atom is -0.463 e. The van der Waals surface area contributed by atoms with Gasteiger partial charge in [0.15, 0.2) is 4.80 Å². The van der Waals surface area contributed by atoms with Gasteiger partial charge in [-0.15, -0.1) is 0 Å². The highest BCUT2D eigenvalue weighted by molar-refractivity contribution is 9.11. The Hall–Kier alpha value is -3.79. The largest absolute Gasteiger partial charge is 0.463 e. The number of halogens is 2. The van der Waals surface area contributed by atoms with Crippen LogP contribution in [-0.4, -0.2) is 17.1 Å². The maximum Gasteiger partial charge on any atom is 0.338 e. The molecule has 41 heavy (non-hydrogen) atoms. The third-order valence-electron chi connectivity index (χ3n) is 6.58. The first-order valence-corrected chi connectivity index (χ1v) is 15.2. The molecule has 0 saturated carbocycles. The number of carbonyl (C=O) groups is 1. The fourth-order valence-electron chi connectivity index (χ4n) is 4.78. The Morgan fingerprint density at radius 1 is 1.02 bits per heavy atom. The summed E-state index contributed by atoms with van der Waals surface area (Å²) in [6.07, 6.45) is 1.72. The van der Waals surface area contributed by atoms with Crippen LogP contribution < -0.4 is 14.9 Å². The fraction of sp³-hybridized carbons (Fsp3) is 0.0938. The second-order valence-electron chi connectivity index (χ2n) is 9.17. The van der Waals surface area contributed by atoms with Crippen LogP contribution in [0.2, 0.25) is 0 Å². The number of ether oxygens (including phenoxy) is 1. The minimum atomic E-state index is -0.714. The van der Waals surface area contributed by atoms with E-state index in [1.807, 2.05) is 91.0 Å². The monoisotopic (exact) mass is 688 g/mol. The van der Waals surface area contributed by atoms with E-state index in [9.17, 15) is 9.59 Å². The number of fused-ring (bicyclic) bond motifs is 1. The van der Waals surface area contributed by atoms with Crippen LogP contribution in [0, 0.1) is 0 Å². The second kappa shape index (κ2) is 11.6. The maximum absolute atomic E-state index is 14.0. The summed E-state index contributed by atoms with van der Waals surface area (Å²) in [5, 5.41) is 0. The summed E-state index contributed by atoms with van der Waals surface area (Å²) >= 11 is 8.34. The molecular formula is C32H22Br2N2O4S. The summed E-state index contributed by atoms with van der Waals surface area (Å²) < 4.78 is 15.5. The van der Waals surface area contributed by atoms with Crippen molar-refractivity contribution < 1.29 is 13.9 Å². The molecule has 3 aromatic carbocycles. The topological polar surface area (TPSA) is 73.8 Å². The van der Waals surface area contributed by atoms with E-state index in [1.54, 1.807) is 17.6 Å². The average molecular weight is 690 g/mol. The van der Waals surface area contributed by atoms with Gasteiger partial charge in [-0.1, -0.05) is 104 Å². The van der Waals surface area contributed by atoms with E-state index < -0.39 is 12.0 Å². The standard InChI is InChI=1S/C32H22Br2N2O4S/c1-2-39-31(38)27-28(19-9-5-3-6-10-19)35-32-36(29(27)20-11-7-4-8-12-20)30(37)26(41-32)18-22-14-16-25(40-22)23-17-21(33)13-15-24(23)34/h3-18,29H,2H2,1H3/b26-18+/t29-/m0/s1. The molecule has 0 fully saturated rings. The Morgan fingerprint density at radius 3 is 2.49 bits per heavy atom. The van der Waals surface area contributed by atoms with Crippen molar-refractivity contribution in [3.8, 4) is 11.3 Å². The highest BCUT2D eigenvalue weighted by Crippen LogP contribution is 2.35. The molecule has 9 heteroatoms. The molecule has 1 aliphatic heterocycles. The van der Waals surface area contributed by atoms with Gasteiger partial charge in [0.05, 0.1) is 28.5 Å². The van der Waals surface area contributed by atoms with Crippen LogP contribution in [-0.2, 0) is 9.53 Å². The molecule has 0 aliphatic carbocycles. The van der Waals surface area contributed by atoms with Gasteiger partial charge >= 0.3 is 5.97 Å². The Bertz CT molecular complexity index is 1980. The van der Waals surface area contributed by atoms with Gasteiger partial charge in [-0.05, 0) is 42.8 Å². The van der Waals surface area contributed by atoms with Crippen LogP contribution >= 0.6 is 43.2 Å². The van der Waals surface area contributed by atoms with Crippen molar-refractivity contribution in [3.63, 3.8) is 0 Å². The quantitative estimate of drug-likeness (QED) is 0.186. The predicted octanol–water partition coefficient (Wildman–Crippen LogP) is 6.72. The first kappa shape index (κ1) is 27.4. The lowest BCUT2D eigenvalue weighted by Crippen LogP contribution is -2.39. The number of benzene rings is 3. The van der Waals surface area contributed by atoms with Gasteiger partial charge in [-0.2, -0.15) is 0 Å². The van der Waals surface area contributed by atoms with Crippen molar-refractivity contribution >= 4 is 60.9 Å². The van der Waals surface area contributed by atoms with Crippen LogP contribution in [0.1, 0.15) is 29.9 Å². The van der Waals surface area contributed by atoms with Gasteiger partial charge in [0, 0.05) is 26.1 Å². The maximum atomic E-state index is 14.0. The number of rotatable bonds is 6. The predicted molar refractivity (Wildman–Crippen MR) is 167 cm³/mol. The molecule has 0 N–H and O–H groups in total. The van der Waals surface area contributed by atoms with Gasteiger partial charge in [-0.3, -0.25) is 9.36 Å². The Labute approximate surface area is 256 Å². The van der Waals surface area contributed by atoms with Crippen molar-refractivity contribution in [3.05, 3.63) is 142 Å². The molecule has 0 bridgehead atoms. The molecule has 6 nitrogen and oxygen atoms in total. The molecule has 0 radical (unpaired) electrons. The molecule has 2 aromatic heterocycles. The number of thiazole rings is 1. The van der Waals surface area contributed by atoms with Crippen LogP contribution in [0.15, 0.2) is 120 Å². The van der Waals surface area contributed by atoms with Gasteiger partial charge in [0.1, 0.15) is 11.5 Å². The van der Waals surface area contributed by atoms with Crippen molar-refractivity contribution in [2.24, 2.45) is 4.99 Å². The van der Waals surface area contributed by atoms with E-state index in [1.165, 1.54) is 11.3 Å². The van der Waals surface area contributed by atoms with Crippen molar-refractivity contribution in [1.82, 2.24) is 4.57 Å². The van der Waals surface area contributed by atoms with Crippen molar-refractivity contribution in [1.29, 1.82) is 0 Å². The molecular weight excluding hydrogens is 668 g/mol. The van der Waals surface area contributed by atoms with Crippen molar-refractivity contribution in [2.45, 2.75) is 13.0 Å². The van der Waals surface area contributed by atoms with Crippen LogP contribution in [0.3, 0.4) is 0 Å². The van der Waals surface area contributed by atoms with Gasteiger partial charge in [-0.25, -0.2) is 9.79 Å². The second-order valence-corrected chi connectivity index (χ2v) is 11.9. The van der Waals surface area contributed by atoms with Crippen LogP contribution in [0.4, 0.5) is 0 Å². The minimum absolute atomic E-state index is 0.200. The Balaban J connectivity index is 1.55. The molecule has 1 atom stereocenters. The summed E-state index contributed by atoms with van der Waals surface area (Å²) in [4.78, 5) is 32.9. The molecule has 0 amide bonds. The normalized spacial score (nSPS) is 15.0. The zero-order valence-corrected chi connectivity index (χ0v) is 25.7. The van der Waals surface area contributed by atoms with E-state index in [-0.39, 0.29) is 12.2 Å². The average Bonchev–Trinajstić information content (AvgIpc) is 3.58. The zero-order valence-electron chi connectivity index (χ0n) is 21.7. The van der Waals surface area contributed by atoms with E-state index in [0.717, 1.165) is 25.6 Å².